The fourth-order valence-electron chi connectivity index (χ4n) is 11.0. The summed E-state index contributed by atoms with van der Waals surface area (Å²) in [6.45, 7) is 3.47. The molecule has 6 aromatic carbocycles. The zero-order valence-electron chi connectivity index (χ0n) is 54.5. The normalized spacial score (nSPS) is 10.7. The second-order valence-electron chi connectivity index (χ2n) is 23.2. The van der Waals surface area contributed by atoms with Crippen LogP contribution < -0.4 is 33.6 Å². The van der Waals surface area contributed by atoms with E-state index in [2.05, 4.69) is 61.6 Å². The van der Waals surface area contributed by atoms with Gasteiger partial charge in [-0.1, -0.05) is 102 Å². The standard InChI is InChI=1S/C26H20ClN5O.C18H16ClN3O.C16H11ClN2O2.C10H11N3.C9H8N2/c27-21-12-20-9-16(2-4-24(20)31-15-21)11-22-13-19(6-7-29-22)26(33)32-14-17-1-3-23-18(10-17)5-8-30-25(23)28;1-2-20-18(23)13-5-6-21-16(10-13)8-12-3-4-17-14(7-12)9-15(19)11-22-17;17-13-7-12-5-10(1-2-15(12)19-9-13)6-14-8-11(16(20)21)3-4-18-14;11-6-7-1-2-9-8(5-7)3-4-13-10(9)12;10-9-8-4-2-1-3-7(8)5-6-11-9/h1-10,12-13,15H,11,14H2,(H2,28,30)(H,32,33);3-7,9-11H,2,8H2,1H3,(H,20,23);1-5,7-9H,6H2,(H,20,21);1-5H,6,11H2,(H2,12,13);1-6H,(H2,10,11). The molecule has 0 unspecified atom stereocenters. The fourth-order valence-corrected chi connectivity index (χ4v) is 11.5. The van der Waals surface area contributed by atoms with Crippen molar-refractivity contribution in [2.24, 2.45) is 5.73 Å². The summed E-state index contributed by atoms with van der Waals surface area (Å²) in [7, 11) is 0. The number of carbonyl (C=O) groups excluding carboxylic acids is 2. The Bertz CT molecular complexity index is 5510. The largest absolute Gasteiger partial charge is 0.478 e. The Hall–Kier alpha value is -12.1. The van der Waals surface area contributed by atoms with Gasteiger partial charge in [-0.2, -0.15) is 0 Å². The number of carbonyl (C=O) groups is 3. The first-order chi connectivity index (χ1) is 49.0. The molecule has 22 heteroatoms. The van der Waals surface area contributed by atoms with Crippen molar-refractivity contribution in [1.82, 2.24) is 55.5 Å². The van der Waals surface area contributed by atoms with Gasteiger partial charge in [0.15, 0.2) is 0 Å². The van der Waals surface area contributed by atoms with Crippen LogP contribution in [0.2, 0.25) is 15.1 Å². The third-order valence-electron chi connectivity index (χ3n) is 16.0. The lowest BCUT2D eigenvalue weighted by atomic mass is 10.0. The molecule has 9 heterocycles. The van der Waals surface area contributed by atoms with Crippen LogP contribution in [-0.4, -0.2) is 74.3 Å². The van der Waals surface area contributed by atoms with Gasteiger partial charge in [0, 0.05) is 155 Å². The summed E-state index contributed by atoms with van der Waals surface area (Å²) in [6.07, 6.45) is 16.6. The molecule has 0 saturated carbocycles. The van der Waals surface area contributed by atoms with Crippen LogP contribution in [0.1, 0.15) is 82.9 Å². The van der Waals surface area contributed by atoms with Gasteiger partial charge >= 0.3 is 5.97 Å². The number of anilines is 3. The SMILES string of the molecule is CCNC(=O)c1ccnc(Cc2ccc3ncc(Cl)cc3c2)c1.NCc1ccc2c(N)nccc2c1.Nc1nccc2cc(CNC(=O)c3ccnc(Cc4ccc5ncc(Cl)cc5c4)c3)ccc12.Nc1nccc2ccccc12.O=C(O)c1ccnc(Cc2ccc3ncc(Cl)cc3c2)c1. The molecule has 9 aromatic heterocycles. The molecule has 11 N–H and O–H groups in total. The molecule has 0 aliphatic rings. The summed E-state index contributed by atoms with van der Waals surface area (Å²) >= 11 is 18.0. The number of hydrogen-bond acceptors (Lipinski definition) is 16. The average molecular weight is 1400 g/mol. The van der Waals surface area contributed by atoms with E-state index in [0.29, 0.717) is 88.2 Å². The molecule has 0 spiro atoms. The van der Waals surface area contributed by atoms with Gasteiger partial charge in [-0.3, -0.25) is 39.5 Å². The van der Waals surface area contributed by atoms with Gasteiger partial charge in [-0.15, -0.1) is 0 Å². The zero-order chi connectivity index (χ0) is 70.8. The number of nitrogens with zero attached hydrogens (tertiary/aromatic N) is 9. The number of benzene rings is 6. The third kappa shape index (κ3) is 19.0. The molecular weight excluding hydrogens is 1330 g/mol. The molecule has 2 amide bonds. The van der Waals surface area contributed by atoms with E-state index >= 15 is 0 Å². The summed E-state index contributed by atoms with van der Waals surface area (Å²) < 4.78 is 0. The van der Waals surface area contributed by atoms with Crippen LogP contribution in [0.5, 0.6) is 0 Å². The van der Waals surface area contributed by atoms with Gasteiger partial charge in [-0.25, -0.2) is 19.7 Å². The van der Waals surface area contributed by atoms with Gasteiger partial charge in [0.2, 0.25) is 0 Å². The highest BCUT2D eigenvalue weighted by Crippen LogP contribution is 2.26. The van der Waals surface area contributed by atoms with Crippen molar-refractivity contribution in [1.29, 1.82) is 0 Å². The van der Waals surface area contributed by atoms with Crippen molar-refractivity contribution < 1.29 is 19.5 Å². The maximum atomic E-state index is 12.8. The molecular formula is C79H66Cl3N15O4. The molecule has 19 nitrogen and oxygen atoms in total. The van der Waals surface area contributed by atoms with Gasteiger partial charge in [0.1, 0.15) is 17.5 Å². The van der Waals surface area contributed by atoms with E-state index in [1.807, 2.05) is 165 Å². The fraction of sp³-hybridized carbons (Fsp3) is 0.0886. The molecule has 15 aromatic rings. The zero-order valence-corrected chi connectivity index (χ0v) is 56.7. The van der Waals surface area contributed by atoms with Crippen LogP contribution in [-0.2, 0) is 32.4 Å². The quantitative estimate of drug-likeness (QED) is 0.0564. The molecule has 0 aliphatic carbocycles. The number of fused-ring (bicyclic) bond motifs is 6. The summed E-state index contributed by atoms with van der Waals surface area (Å²) in [5.41, 5.74) is 34.6. The van der Waals surface area contributed by atoms with E-state index in [1.54, 1.807) is 67.8 Å². The predicted molar refractivity (Wildman–Crippen MR) is 404 cm³/mol. The van der Waals surface area contributed by atoms with E-state index in [1.165, 1.54) is 12.3 Å². The number of nitrogens with one attached hydrogen (secondary N) is 2. The lowest BCUT2D eigenvalue weighted by Crippen LogP contribution is -2.23. The number of halogens is 3. The van der Waals surface area contributed by atoms with Crippen molar-refractivity contribution >= 4 is 135 Å². The maximum absolute atomic E-state index is 12.8. The molecule has 0 aliphatic heterocycles. The van der Waals surface area contributed by atoms with Crippen LogP contribution >= 0.6 is 34.8 Å². The van der Waals surface area contributed by atoms with Crippen molar-refractivity contribution in [3.8, 4) is 0 Å². The number of amides is 2. The van der Waals surface area contributed by atoms with E-state index in [0.717, 1.165) is 104 Å². The Morgan fingerprint density at radius 2 is 0.743 bits per heavy atom. The Kier molecular flexibility index (Phi) is 23.2. The Morgan fingerprint density at radius 3 is 1.18 bits per heavy atom. The number of nitrogen functional groups attached to an aromatic ring is 3. The minimum absolute atomic E-state index is 0.0781. The molecule has 15 rings (SSSR count). The summed E-state index contributed by atoms with van der Waals surface area (Å²) in [6, 6.07) is 59.3. The highest BCUT2D eigenvalue weighted by Gasteiger charge is 2.12. The third-order valence-corrected chi connectivity index (χ3v) is 16.6. The van der Waals surface area contributed by atoms with Gasteiger partial charge in [0.05, 0.1) is 37.2 Å². The molecule has 101 heavy (non-hydrogen) atoms. The minimum Gasteiger partial charge on any atom is -0.478 e. The summed E-state index contributed by atoms with van der Waals surface area (Å²) in [4.78, 5) is 73.6. The van der Waals surface area contributed by atoms with E-state index < -0.39 is 5.97 Å². The average Bonchev–Trinajstić information content (AvgIpc) is 0.890. The first-order valence-electron chi connectivity index (χ1n) is 31.8. The Balaban J connectivity index is 0.000000134. The number of carboxylic acids is 1. The number of pyridine rings is 9. The molecule has 0 bridgehead atoms. The summed E-state index contributed by atoms with van der Waals surface area (Å²) in [5.74, 6) is 0.489. The first kappa shape index (κ1) is 70.2. The second-order valence-corrected chi connectivity index (χ2v) is 24.5. The molecule has 0 atom stereocenters. The van der Waals surface area contributed by atoms with Gasteiger partial charge in [0.25, 0.3) is 11.8 Å². The van der Waals surface area contributed by atoms with Gasteiger partial charge in [-0.05, 0) is 172 Å². The van der Waals surface area contributed by atoms with Crippen LogP contribution in [0.15, 0.2) is 244 Å². The smallest absolute Gasteiger partial charge is 0.335 e. The highest BCUT2D eigenvalue weighted by molar-refractivity contribution is 6.31. The van der Waals surface area contributed by atoms with Crippen LogP contribution in [0, 0.1) is 0 Å². The lowest BCUT2D eigenvalue weighted by Gasteiger charge is -2.09. The number of carboxylic acid groups (broad SMARTS) is 1. The predicted octanol–water partition coefficient (Wildman–Crippen LogP) is 15.2. The van der Waals surface area contributed by atoms with Crippen molar-refractivity contribution in [3.05, 3.63) is 320 Å². The highest BCUT2D eigenvalue weighted by atomic mass is 35.5. The van der Waals surface area contributed by atoms with Crippen molar-refractivity contribution in [3.63, 3.8) is 0 Å². The molecule has 0 radical (unpaired) electrons. The van der Waals surface area contributed by atoms with Crippen LogP contribution in [0.4, 0.5) is 17.5 Å². The molecule has 0 saturated heterocycles. The number of aromatic nitrogens is 9. The molecule has 502 valence electrons. The maximum Gasteiger partial charge on any atom is 0.335 e. The van der Waals surface area contributed by atoms with Crippen LogP contribution in [0.3, 0.4) is 0 Å². The van der Waals surface area contributed by atoms with E-state index in [9.17, 15) is 14.4 Å². The number of aromatic carboxylic acids is 1. The number of rotatable bonds is 13. The van der Waals surface area contributed by atoms with E-state index in [-0.39, 0.29) is 17.4 Å². The minimum atomic E-state index is -0.951. The molecule has 0 fully saturated rings. The number of hydrogen-bond donors (Lipinski definition) is 7. The summed E-state index contributed by atoms with van der Waals surface area (Å²) in [5, 5.41) is 25.6. The first-order valence-corrected chi connectivity index (χ1v) is 33.0. The number of nitrogens with two attached hydrogens (primary N) is 4. The van der Waals surface area contributed by atoms with Gasteiger partial charge < -0.3 is 38.7 Å². The van der Waals surface area contributed by atoms with E-state index in [4.69, 9.17) is 62.8 Å². The Labute approximate surface area is 595 Å². The lowest BCUT2D eigenvalue weighted by molar-refractivity contribution is 0.0696. The topological polar surface area (TPSA) is 316 Å². The van der Waals surface area contributed by atoms with Crippen LogP contribution in [0.25, 0.3) is 65.0 Å². The second kappa shape index (κ2) is 33.4. The van der Waals surface area contributed by atoms with Crippen molar-refractivity contribution in [2.75, 3.05) is 23.7 Å². The van der Waals surface area contributed by atoms with Crippen molar-refractivity contribution in [2.45, 2.75) is 39.3 Å². The monoisotopic (exact) mass is 1390 g/mol. The Morgan fingerprint density at radius 1 is 0.376 bits per heavy atom.